The molecule has 7 heteroatoms. The zero-order valence-corrected chi connectivity index (χ0v) is 21.8. The highest BCUT2D eigenvalue weighted by Crippen LogP contribution is 2.34. The Bertz CT molecular complexity index is 1170. The Morgan fingerprint density at radius 3 is 2.45 bits per heavy atom. The number of anilines is 1. The van der Waals surface area contributed by atoms with Gasteiger partial charge in [0.15, 0.2) is 0 Å². The van der Waals surface area contributed by atoms with E-state index in [9.17, 15) is 4.79 Å². The Balaban J connectivity index is 1.55. The molecule has 0 saturated carbocycles. The summed E-state index contributed by atoms with van der Waals surface area (Å²) >= 11 is 9.32. The number of amides is 1. The molecule has 0 spiro atoms. The first-order valence-electron chi connectivity index (χ1n) is 9.45. The van der Waals surface area contributed by atoms with Gasteiger partial charge in [-0.3, -0.25) is 4.79 Å². The minimum atomic E-state index is -0.134. The Hall–Kier alpha value is -1.97. The van der Waals surface area contributed by atoms with Gasteiger partial charge >= 0.3 is 0 Å². The third-order valence-electron chi connectivity index (χ3n) is 4.69. The SMILES string of the molecule is CC1=NN(c2ccccc2)C(=O)/C1=C/c1cc(Br)c(OCc2ccc(Br)cc2)c(I)c1. The van der Waals surface area contributed by atoms with Crippen LogP contribution >= 0.6 is 54.5 Å². The lowest BCUT2D eigenvalue weighted by molar-refractivity contribution is -0.114. The highest BCUT2D eigenvalue weighted by atomic mass is 127. The van der Waals surface area contributed by atoms with E-state index < -0.39 is 0 Å². The maximum absolute atomic E-state index is 12.9. The summed E-state index contributed by atoms with van der Waals surface area (Å²) in [6, 6.07) is 21.4. The number of ether oxygens (including phenoxy) is 1. The van der Waals surface area contributed by atoms with Gasteiger partial charge in [0, 0.05) is 4.47 Å². The Morgan fingerprint density at radius 1 is 1.06 bits per heavy atom. The molecule has 1 aliphatic heterocycles. The molecule has 0 aliphatic carbocycles. The van der Waals surface area contributed by atoms with Crippen LogP contribution in [0.15, 0.2) is 86.3 Å². The van der Waals surface area contributed by atoms with Crippen molar-refractivity contribution in [2.45, 2.75) is 13.5 Å². The predicted octanol–water partition coefficient (Wildman–Crippen LogP) is 7.20. The summed E-state index contributed by atoms with van der Waals surface area (Å²) in [7, 11) is 0. The Kier molecular flexibility index (Phi) is 6.93. The van der Waals surface area contributed by atoms with Gasteiger partial charge in [0.1, 0.15) is 12.4 Å². The van der Waals surface area contributed by atoms with Crippen LogP contribution in [0.5, 0.6) is 5.75 Å². The van der Waals surface area contributed by atoms with Gasteiger partial charge in [-0.1, -0.05) is 46.3 Å². The predicted molar refractivity (Wildman–Crippen MR) is 140 cm³/mol. The van der Waals surface area contributed by atoms with Crippen LogP contribution in [-0.4, -0.2) is 11.6 Å². The van der Waals surface area contributed by atoms with Crippen LogP contribution in [0, 0.1) is 3.57 Å². The van der Waals surface area contributed by atoms with Gasteiger partial charge in [0.05, 0.1) is 25.0 Å². The van der Waals surface area contributed by atoms with E-state index in [2.05, 4.69) is 59.6 Å². The Labute approximate surface area is 211 Å². The highest BCUT2D eigenvalue weighted by molar-refractivity contribution is 14.1. The molecule has 3 aromatic carbocycles. The van der Waals surface area contributed by atoms with Crippen molar-refractivity contribution in [3.8, 4) is 5.75 Å². The number of nitrogens with zero attached hydrogens (tertiary/aromatic N) is 2. The van der Waals surface area contributed by atoms with Crippen LogP contribution in [0.1, 0.15) is 18.1 Å². The second-order valence-corrected chi connectivity index (χ2v) is 9.86. The number of hydrazone groups is 1. The van der Waals surface area contributed by atoms with Crippen LogP contribution in [0.4, 0.5) is 5.69 Å². The number of hydrogen-bond donors (Lipinski definition) is 0. The number of halogens is 3. The van der Waals surface area contributed by atoms with Crippen molar-refractivity contribution in [2.75, 3.05) is 5.01 Å². The molecule has 4 nitrogen and oxygen atoms in total. The summed E-state index contributed by atoms with van der Waals surface area (Å²) in [5, 5.41) is 5.88. The molecule has 0 atom stereocenters. The van der Waals surface area contributed by atoms with Crippen molar-refractivity contribution < 1.29 is 9.53 Å². The van der Waals surface area contributed by atoms with Gasteiger partial charge in [-0.15, -0.1) is 0 Å². The fourth-order valence-electron chi connectivity index (χ4n) is 3.13. The molecule has 1 aliphatic rings. The van der Waals surface area contributed by atoms with E-state index in [1.807, 2.05) is 79.7 Å². The average Bonchev–Trinajstić information content (AvgIpc) is 3.03. The van der Waals surface area contributed by atoms with Crippen molar-refractivity contribution in [1.29, 1.82) is 0 Å². The molecule has 1 amide bonds. The third kappa shape index (κ3) is 5.10. The van der Waals surface area contributed by atoms with Gasteiger partial charge in [-0.2, -0.15) is 10.1 Å². The molecule has 0 radical (unpaired) electrons. The first kappa shape index (κ1) is 22.2. The van der Waals surface area contributed by atoms with E-state index in [0.717, 1.165) is 35.1 Å². The second kappa shape index (κ2) is 9.67. The van der Waals surface area contributed by atoms with Crippen molar-refractivity contribution in [3.63, 3.8) is 0 Å². The van der Waals surface area contributed by atoms with Crippen molar-refractivity contribution in [3.05, 3.63) is 95.9 Å². The van der Waals surface area contributed by atoms with Gasteiger partial charge in [0.2, 0.25) is 0 Å². The summed E-state index contributed by atoms with van der Waals surface area (Å²) in [6.45, 7) is 2.32. The zero-order chi connectivity index (χ0) is 22.0. The van der Waals surface area contributed by atoms with Crippen LogP contribution in [0.25, 0.3) is 6.08 Å². The summed E-state index contributed by atoms with van der Waals surface area (Å²) < 4.78 is 8.87. The number of carbonyl (C=O) groups is 1. The maximum Gasteiger partial charge on any atom is 0.280 e. The maximum atomic E-state index is 12.9. The van der Waals surface area contributed by atoms with Crippen LogP contribution in [0.2, 0.25) is 0 Å². The monoisotopic (exact) mass is 650 g/mol. The van der Waals surface area contributed by atoms with E-state index >= 15 is 0 Å². The fraction of sp³-hybridized carbons (Fsp3) is 0.0833. The van der Waals surface area contributed by atoms with E-state index in [-0.39, 0.29) is 5.91 Å². The van der Waals surface area contributed by atoms with Gasteiger partial charge < -0.3 is 4.74 Å². The molecule has 3 aromatic rings. The zero-order valence-electron chi connectivity index (χ0n) is 16.5. The molecule has 156 valence electrons. The average molecular weight is 652 g/mol. The van der Waals surface area contributed by atoms with E-state index in [1.165, 1.54) is 5.01 Å². The minimum Gasteiger partial charge on any atom is -0.487 e. The molecule has 0 N–H and O–H groups in total. The minimum absolute atomic E-state index is 0.134. The lowest BCUT2D eigenvalue weighted by Gasteiger charge is -2.12. The molecule has 0 bridgehead atoms. The van der Waals surface area contributed by atoms with E-state index in [1.54, 1.807) is 0 Å². The van der Waals surface area contributed by atoms with Gasteiger partial charge in [-0.25, -0.2) is 0 Å². The summed E-state index contributed by atoms with van der Waals surface area (Å²) in [5.74, 6) is 0.644. The van der Waals surface area contributed by atoms with Crippen molar-refractivity contribution in [1.82, 2.24) is 0 Å². The van der Waals surface area contributed by atoms with E-state index in [0.29, 0.717) is 17.9 Å². The van der Waals surface area contributed by atoms with Gasteiger partial charge in [0.25, 0.3) is 5.91 Å². The fourth-order valence-corrected chi connectivity index (χ4v) is 5.17. The first-order valence-corrected chi connectivity index (χ1v) is 12.1. The first-order chi connectivity index (χ1) is 14.9. The molecule has 1 heterocycles. The van der Waals surface area contributed by atoms with Crippen LogP contribution < -0.4 is 9.75 Å². The topological polar surface area (TPSA) is 41.9 Å². The molecule has 0 saturated heterocycles. The quantitative estimate of drug-likeness (QED) is 0.216. The normalized spacial score (nSPS) is 14.8. The molecule has 31 heavy (non-hydrogen) atoms. The number of hydrogen-bond acceptors (Lipinski definition) is 3. The number of rotatable bonds is 5. The summed E-state index contributed by atoms with van der Waals surface area (Å²) in [5.41, 5.74) is 4.01. The molecular formula is C24H17Br2IN2O2. The standard InChI is InChI=1S/C24H17Br2IN2O2/c1-15-20(24(30)29(28-15)19-5-3-2-4-6-19)11-17-12-21(26)23(22(27)13-17)31-14-16-7-9-18(25)10-8-16/h2-13H,14H2,1H3/b20-11+. The van der Waals surface area contributed by atoms with Crippen molar-refractivity contribution >= 4 is 77.8 Å². The highest BCUT2D eigenvalue weighted by Gasteiger charge is 2.28. The molecule has 0 fully saturated rings. The summed E-state index contributed by atoms with van der Waals surface area (Å²) in [6.07, 6.45) is 1.87. The van der Waals surface area contributed by atoms with Crippen molar-refractivity contribution in [2.24, 2.45) is 5.10 Å². The smallest absolute Gasteiger partial charge is 0.280 e. The lowest BCUT2D eigenvalue weighted by atomic mass is 10.1. The van der Waals surface area contributed by atoms with E-state index in [4.69, 9.17) is 4.74 Å². The Morgan fingerprint density at radius 2 is 1.77 bits per heavy atom. The molecule has 4 rings (SSSR count). The molecule has 0 aromatic heterocycles. The number of para-hydroxylation sites is 1. The molecule has 0 unspecified atom stereocenters. The van der Waals surface area contributed by atoms with Crippen LogP contribution in [-0.2, 0) is 11.4 Å². The van der Waals surface area contributed by atoms with Crippen LogP contribution in [0.3, 0.4) is 0 Å². The lowest BCUT2D eigenvalue weighted by Crippen LogP contribution is -2.21. The number of benzene rings is 3. The van der Waals surface area contributed by atoms with Gasteiger partial charge in [-0.05, 0) is 99.0 Å². The second-order valence-electron chi connectivity index (χ2n) is 6.92. The largest absolute Gasteiger partial charge is 0.487 e. The molecular weight excluding hydrogens is 635 g/mol. The third-order valence-corrected chi connectivity index (χ3v) is 6.61. The number of carbonyl (C=O) groups excluding carboxylic acids is 1. The summed E-state index contributed by atoms with van der Waals surface area (Å²) in [4.78, 5) is 12.9.